The fraction of sp³-hybridized carbons (Fsp3) is 0.0526. The third-order valence-electron chi connectivity index (χ3n) is 3.56. The second-order valence-electron chi connectivity index (χ2n) is 5.13. The van der Waals surface area contributed by atoms with Gasteiger partial charge >= 0.3 is 0 Å². The van der Waals surface area contributed by atoms with Gasteiger partial charge in [0, 0.05) is 4.90 Å². The zero-order chi connectivity index (χ0) is 18.0. The summed E-state index contributed by atoms with van der Waals surface area (Å²) in [4.78, 5) is 0.218. The van der Waals surface area contributed by atoms with Crippen LogP contribution in [0.1, 0.15) is 0 Å². The maximum absolute atomic E-state index is 14.0. The van der Waals surface area contributed by atoms with Crippen LogP contribution in [0.2, 0.25) is 0 Å². The van der Waals surface area contributed by atoms with Crippen molar-refractivity contribution in [2.75, 3.05) is 7.11 Å². The number of hydrogen-bond donors (Lipinski definition) is 0. The van der Waals surface area contributed by atoms with Gasteiger partial charge in [-0.3, -0.25) is 0 Å². The number of halogens is 4. The molecule has 3 aromatic carbocycles. The molecule has 0 N–H and O–H groups in total. The molecule has 0 aliphatic heterocycles. The van der Waals surface area contributed by atoms with E-state index in [1.165, 1.54) is 7.11 Å². The van der Waals surface area contributed by atoms with Gasteiger partial charge in [0.15, 0.2) is 23.3 Å². The molecule has 0 saturated carbocycles. The molecule has 3 aromatic rings. The lowest BCUT2D eigenvalue weighted by atomic mass is 10.1. The highest BCUT2D eigenvalue weighted by Crippen LogP contribution is 2.40. The van der Waals surface area contributed by atoms with Gasteiger partial charge in [0.2, 0.25) is 0 Å². The highest BCUT2D eigenvalue weighted by atomic mass is 32.2. The summed E-state index contributed by atoms with van der Waals surface area (Å²) in [7, 11) is 1.52. The number of benzene rings is 3. The second kappa shape index (κ2) is 7.19. The smallest absolute Gasteiger partial charge is 0.198 e. The predicted octanol–water partition coefficient (Wildman–Crippen LogP) is 6.07. The Bertz CT molecular complexity index is 913. The summed E-state index contributed by atoms with van der Waals surface area (Å²) in [5.41, 5.74) is 1.53. The van der Waals surface area contributed by atoms with Crippen LogP contribution in [0.15, 0.2) is 64.4 Å². The van der Waals surface area contributed by atoms with Gasteiger partial charge in [0.25, 0.3) is 0 Å². The average Bonchev–Trinajstić information content (AvgIpc) is 2.65. The van der Waals surface area contributed by atoms with Crippen molar-refractivity contribution < 1.29 is 22.3 Å². The van der Waals surface area contributed by atoms with Gasteiger partial charge < -0.3 is 4.74 Å². The third-order valence-corrected chi connectivity index (χ3v) is 4.65. The van der Waals surface area contributed by atoms with Crippen molar-refractivity contribution >= 4 is 11.8 Å². The van der Waals surface area contributed by atoms with Crippen LogP contribution >= 0.6 is 11.8 Å². The summed E-state index contributed by atoms with van der Waals surface area (Å²) in [5, 5.41) is 0. The van der Waals surface area contributed by atoms with E-state index in [-0.39, 0.29) is 4.90 Å². The minimum absolute atomic E-state index is 0.334. The molecule has 128 valence electrons. The van der Waals surface area contributed by atoms with Gasteiger partial charge in [-0.15, -0.1) is 0 Å². The van der Waals surface area contributed by atoms with Crippen molar-refractivity contribution in [1.29, 1.82) is 0 Å². The van der Waals surface area contributed by atoms with Crippen molar-refractivity contribution in [2.24, 2.45) is 0 Å². The van der Waals surface area contributed by atoms with Crippen LogP contribution in [0, 0.1) is 23.3 Å². The molecule has 0 aliphatic rings. The van der Waals surface area contributed by atoms with E-state index < -0.39 is 23.3 Å². The Hall–Kier alpha value is -2.47. The SMILES string of the molecule is COc1ccc(Sc2cc(F)c(F)c(F)c2F)c(-c2ccccc2)c1. The van der Waals surface area contributed by atoms with Crippen LogP contribution in [0.3, 0.4) is 0 Å². The van der Waals surface area contributed by atoms with Gasteiger partial charge in [-0.2, -0.15) is 0 Å². The maximum atomic E-state index is 14.0. The standard InChI is InChI=1S/C19H12F4OS/c1-24-12-7-8-15(13(9-12)11-5-3-2-4-6-11)25-16-10-14(20)17(21)19(23)18(16)22/h2-10H,1H3. The van der Waals surface area contributed by atoms with Gasteiger partial charge in [-0.1, -0.05) is 42.1 Å². The number of hydrogen-bond acceptors (Lipinski definition) is 2. The quantitative estimate of drug-likeness (QED) is 0.316. The molecule has 0 aromatic heterocycles. The van der Waals surface area contributed by atoms with Crippen LogP contribution in [0.4, 0.5) is 17.6 Å². The third kappa shape index (κ3) is 3.49. The van der Waals surface area contributed by atoms with Crippen LogP contribution in [0.25, 0.3) is 11.1 Å². The number of ether oxygens (including phenoxy) is 1. The molecule has 0 atom stereocenters. The molecule has 6 heteroatoms. The van der Waals surface area contributed by atoms with Gasteiger partial charge in [-0.05, 0) is 35.4 Å². The van der Waals surface area contributed by atoms with Gasteiger partial charge in [0.1, 0.15) is 5.75 Å². The maximum Gasteiger partial charge on any atom is 0.198 e. The van der Waals surface area contributed by atoms with Crippen molar-refractivity contribution in [3.05, 3.63) is 77.9 Å². The van der Waals surface area contributed by atoms with E-state index in [9.17, 15) is 17.6 Å². The normalized spacial score (nSPS) is 10.8. The zero-order valence-electron chi connectivity index (χ0n) is 13.0. The number of rotatable bonds is 4. The summed E-state index contributed by atoms with van der Waals surface area (Å²) in [6.07, 6.45) is 0. The highest BCUT2D eigenvalue weighted by Gasteiger charge is 2.20. The minimum Gasteiger partial charge on any atom is -0.497 e. The van der Waals surface area contributed by atoms with E-state index >= 15 is 0 Å². The van der Waals surface area contributed by atoms with E-state index in [0.29, 0.717) is 22.3 Å². The first-order valence-electron chi connectivity index (χ1n) is 7.25. The molecule has 0 spiro atoms. The molecule has 0 bridgehead atoms. The van der Waals surface area contributed by atoms with Crippen LogP contribution < -0.4 is 4.74 Å². The molecule has 0 heterocycles. The first-order valence-corrected chi connectivity index (χ1v) is 8.07. The van der Waals surface area contributed by atoms with E-state index in [1.807, 2.05) is 30.3 Å². The summed E-state index contributed by atoms with van der Waals surface area (Å²) >= 11 is 0.815. The Morgan fingerprint density at radius 2 is 1.48 bits per heavy atom. The first-order chi connectivity index (χ1) is 12.0. The molecule has 0 amide bonds. The fourth-order valence-electron chi connectivity index (χ4n) is 2.31. The Balaban J connectivity index is 2.10. The summed E-state index contributed by atoms with van der Waals surface area (Å²) in [6, 6.07) is 14.9. The van der Waals surface area contributed by atoms with Crippen molar-refractivity contribution in [1.82, 2.24) is 0 Å². The van der Waals surface area contributed by atoms with Gasteiger partial charge in [-0.25, -0.2) is 17.6 Å². The molecular formula is C19H12F4OS. The monoisotopic (exact) mass is 364 g/mol. The molecule has 1 nitrogen and oxygen atoms in total. The highest BCUT2D eigenvalue weighted by molar-refractivity contribution is 7.99. The van der Waals surface area contributed by atoms with E-state index in [4.69, 9.17) is 4.74 Å². The molecule has 3 rings (SSSR count). The number of methoxy groups -OCH3 is 1. The zero-order valence-corrected chi connectivity index (χ0v) is 13.8. The first kappa shape index (κ1) is 17.4. The van der Waals surface area contributed by atoms with E-state index in [2.05, 4.69) is 0 Å². The lowest BCUT2D eigenvalue weighted by Gasteiger charge is -2.12. The second-order valence-corrected chi connectivity index (χ2v) is 6.21. The van der Waals surface area contributed by atoms with Crippen LogP contribution in [0.5, 0.6) is 5.75 Å². The van der Waals surface area contributed by atoms with Crippen molar-refractivity contribution in [3.63, 3.8) is 0 Å². The molecule has 0 aliphatic carbocycles. The van der Waals surface area contributed by atoms with E-state index in [1.54, 1.807) is 18.2 Å². The molecule has 25 heavy (non-hydrogen) atoms. The van der Waals surface area contributed by atoms with Crippen molar-refractivity contribution in [3.8, 4) is 16.9 Å². The minimum atomic E-state index is -1.82. The fourth-order valence-corrected chi connectivity index (χ4v) is 3.31. The van der Waals surface area contributed by atoms with E-state index in [0.717, 1.165) is 17.3 Å². The Labute approximate surface area is 146 Å². The average molecular weight is 364 g/mol. The van der Waals surface area contributed by atoms with Gasteiger partial charge in [0.05, 0.1) is 12.0 Å². The molecule has 0 radical (unpaired) electrons. The molecule has 0 fully saturated rings. The summed E-state index contributed by atoms with van der Waals surface area (Å²) in [5.74, 6) is -5.91. The molecule has 0 saturated heterocycles. The molecular weight excluding hydrogens is 352 g/mol. The Morgan fingerprint density at radius 3 is 2.16 bits per heavy atom. The van der Waals surface area contributed by atoms with Crippen LogP contribution in [-0.4, -0.2) is 7.11 Å². The largest absolute Gasteiger partial charge is 0.497 e. The Kier molecular flexibility index (Phi) is 4.99. The lowest BCUT2D eigenvalue weighted by molar-refractivity contribution is 0.398. The predicted molar refractivity (Wildman–Crippen MR) is 88.8 cm³/mol. The summed E-state index contributed by atoms with van der Waals surface area (Å²) in [6.45, 7) is 0. The lowest BCUT2D eigenvalue weighted by Crippen LogP contribution is -1.97. The molecule has 0 unspecified atom stereocenters. The van der Waals surface area contributed by atoms with Crippen LogP contribution in [-0.2, 0) is 0 Å². The summed E-state index contributed by atoms with van der Waals surface area (Å²) < 4.78 is 59.2. The van der Waals surface area contributed by atoms with Crippen molar-refractivity contribution in [2.45, 2.75) is 9.79 Å². The topological polar surface area (TPSA) is 9.23 Å². The Morgan fingerprint density at radius 1 is 0.760 bits per heavy atom.